The predicted molar refractivity (Wildman–Crippen MR) is 79.1 cm³/mol. The summed E-state index contributed by atoms with van der Waals surface area (Å²) >= 11 is 0. The lowest BCUT2D eigenvalue weighted by molar-refractivity contribution is -0.174. The molecular formula is C16H22O6. The van der Waals surface area contributed by atoms with Gasteiger partial charge < -0.3 is 19.7 Å². The first-order valence-electron chi connectivity index (χ1n) is 7.11. The van der Waals surface area contributed by atoms with E-state index in [1.54, 1.807) is 6.92 Å². The zero-order valence-corrected chi connectivity index (χ0v) is 12.8. The van der Waals surface area contributed by atoms with Gasteiger partial charge in [0.25, 0.3) is 0 Å². The van der Waals surface area contributed by atoms with Crippen molar-refractivity contribution < 1.29 is 29.3 Å². The summed E-state index contributed by atoms with van der Waals surface area (Å²) < 4.78 is 10.3. The molecule has 0 amide bonds. The molecule has 1 rings (SSSR count). The van der Waals surface area contributed by atoms with Crippen molar-refractivity contribution in [3.05, 3.63) is 35.9 Å². The fraction of sp³-hybridized carbons (Fsp3) is 0.500. The van der Waals surface area contributed by atoms with Crippen molar-refractivity contribution in [1.82, 2.24) is 0 Å². The Labute approximate surface area is 129 Å². The summed E-state index contributed by atoms with van der Waals surface area (Å²) in [6, 6.07) is 9.46. The molecule has 0 saturated heterocycles. The zero-order valence-electron chi connectivity index (χ0n) is 12.8. The molecule has 0 aromatic heterocycles. The number of aliphatic hydroxyl groups excluding tert-OH is 1. The lowest BCUT2D eigenvalue weighted by Crippen LogP contribution is -2.46. The Balaban J connectivity index is 2.61. The number of benzene rings is 1. The van der Waals surface area contributed by atoms with Crippen LogP contribution < -0.4 is 0 Å². The van der Waals surface area contributed by atoms with Crippen molar-refractivity contribution in [1.29, 1.82) is 0 Å². The molecule has 2 N–H and O–H groups in total. The molecule has 0 fully saturated rings. The standard InChI is InChI=1S/C16H22O6/c1-3-22-15(20)16(2,13(17)14(18)19)9-10-21-11-12-7-5-4-6-8-12/h4-8,13,17H,3,9-11H2,1-2H3,(H,18,19). The number of carbonyl (C=O) groups is 2. The van der Waals surface area contributed by atoms with E-state index < -0.39 is 23.5 Å². The second kappa shape index (κ2) is 8.51. The molecule has 1 aromatic rings. The van der Waals surface area contributed by atoms with Crippen molar-refractivity contribution >= 4 is 11.9 Å². The topological polar surface area (TPSA) is 93.1 Å². The first-order chi connectivity index (χ1) is 10.4. The molecule has 0 bridgehead atoms. The number of hydrogen-bond acceptors (Lipinski definition) is 5. The summed E-state index contributed by atoms with van der Waals surface area (Å²) in [6.07, 6.45) is -1.79. The number of carboxylic acid groups (broad SMARTS) is 1. The number of hydrogen-bond donors (Lipinski definition) is 2. The van der Waals surface area contributed by atoms with Crippen LogP contribution in [0.3, 0.4) is 0 Å². The molecule has 2 atom stereocenters. The van der Waals surface area contributed by atoms with Gasteiger partial charge in [0.2, 0.25) is 0 Å². The largest absolute Gasteiger partial charge is 0.479 e. The Morgan fingerprint density at radius 1 is 1.27 bits per heavy atom. The number of rotatable bonds is 9. The third-order valence-corrected chi connectivity index (χ3v) is 3.46. The SMILES string of the molecule is CCOC(=O)C(C)(CCOCc1ccccc1)C(O)C(=O)O. The van der Waals surface area contributed by atoms with Crippen LogP contribution in [0.15, 0.2) is 30.3 Å². The van der Waals surface area contributed by atoms with Crippen LogP contribution in [0.2, 0.25) is 0 Å². The maximum atomic E-state index is 12.0. The first-order valence-corrected chi connectivity index (χ1v) is 7.11. The lowest BCUT2D eigenvalue weighted by Gasteiger charge is -2.29. The molecule has 1 aromatic carbocycles. The molecule has 2 unspecified atom stereocenters. The van der Waals surface area contributed by atoms with Crippen LogP contribution in [0.25, 0.3) is 0 Å². The molecule has 122 valence electrons. The molecule has 0 spiro atoms. The van der Waals surface area contributed by atoms with Gasteiger partial charge in [0.15, 0.2) is 6.10 Å². The quantitative estimate of drug-likeness (QED) is 0.532. The Morgan fingerprint density at radius 2 is 1.91 bits per heavy atom. The minimum atomic E-state index is -1.84. The van der Waals surface area contributed by atoms with Crippen LogP contribution in [-0.4, -0.2) is 41.5 Å². The summed E-state index contributed by atoms with van der Waals surface area (Å²) in [4.78, 5) is 23.0. The van der Waals surface area contributed by atoms with Gasteiger partial charge in [-0.25, -0.2) is 4.79 Å². The van der Waals surface area contributed by atoms with E-state index in [0.29, 0.717) is 6.61 Å². The number of aliphatic hydroxyl groups is 1. The van der Waals surface area contributed by atoms with E-state index in [-0.39, 0.29) is 19.6 Å². The molecule has 6 heteroatoms. The van der Waals surface area contributed by atoms with Crippen molar-refractivity contribution in [3.8, 4) is 0 Å². The van der Waals surface area contributed by atoms with E-state index in [1.807, 2.05) is 30.3 Å². The van der Waals surface area contributed by atoms with Crippen LogP contribution in [0.4, 0.5) is 0 Å². The summed E-state index contributed by atoms with van der Waals surface area (Å²) in [6.45, 7) is 3.59. The lowest BCUT2D eigenvalue weighted by atomic mass is 9.81. The van der Waals surface area contributed by atoms with Gasteiger partial charge >= 0.3 is 11.9 Å². The normalized spacial score (nSPS) is 14.9. The van der Waals surface area contributed by atoms with Crippen LogP contribution in [0.5, 0.6) is 0 Å². The average Bonchev–Trinajstić information content (AvgIpc) is 2.51. The Bertz CT molecular complexity index is 487. The van der Waals surface area contributed by atoms with Crippen LogP contribution in [-0.2, 0) is 25.7 Å². The smallest absolute Gasteiger partial charge is 0.333 e. The van der Waals surface area contributed by atoms with Gasteiger partial charge in [0.1, 0.15) is 5.41 Å². The Hall–Kier alpha value is -1.92. The third kappa shape index (κ3) is 4.82. The summed E-state index contributed by atoms with van der Waals surface area (Å²) in [5, 5.41) is 18.8. The van der Waals surface area contributed by atoms with Crippen molar-refractivity contribution in [2.75, 3.05) is 13.2 Å². The highest BCUT2D eigenvalue weighted by atomic mass is 16.5. The highest BCUT2D eigenvalue weighted by molar-refractivity contribution is 5.85. The highest BCUT2D eigenvalue weighted by Crippen LogP contribution is 2.28. The molecule has 0 aliphatic rings. The van der Waals surface area contributed by atoms with Crippen molar-refractivity contribution in [2.24, 2.45) is 5.41 Å². The van der Waals surface area contributed by atoms with Gasteiger partial charge in [0, 0.05) is 6.61 Å². The maximum absolute atomic E-state index is 12.0. The number of esters is 1. The molecular weight excluding hydrogens is 288 g/mol. The van der Waals surface area contributed by atoms with E-state index in [0.717, 1.165) is 5.56 Å². The Morgan fingerprint density at radius 3 is 2.45 bits per heavy atom. The van der Waals surface area contributed by atoms with Gasteiger partial charge in [-0.2, -0.15) is 0 Å². The molecule has 6 nitrogen and oxygen atoms in total. The van der Waals surface area contributed by atoms with Crippen LogP contribution >= 0.6 is 0 Å². The van der Waals surface area contributed by atoms with Crippen LogP contribution in [0, 0.1) is 5.41 Å². The molecule has 0 aliphatic heterocycles. The van der Waals surface area contributed by atoms with Gasteiger partial charge in [-0.05, 0) is 25.8 Å². The van der Waals surface area contributed by atoms with Crippen molar-refractivity contribution in [2.45, 2.75) is 33.0 Å². The second-order valence-electron chi connectivity index (χ2n) is 5.17. The molecule has 22 heavy (non-hydrogen) atoms. The Kier molecular flexibility index (Phi) is 7.01. The van der Waals surface area contributed by atoms with E-state index in [1.165, 1.54) is 6.92 Å². The van der Waals surface area contributed by atoms with Gasteiger partial charge in [-0.3, -0.25) is 4.79 Å². The number of carbonyl (C=O) groups excluding carboxylic acids is 1. The minimum Gasteiger partial charge on any atom is -0.479 e. The van der Waals surface area contributed by atoms with E-state index in [4.69, 9.17) is 14.6 Å². The number of aliphatic carboxylic acids is 1. The monoisotopic (exact) mass is 310 g/mol. The maximum Gasteiger partial charge on any atom is 0.333 e. The number of ether oxygens (including phenoxy) is 2. The minimum absolute atomic E-state index is 0.0478. The van der Waals surface area contributed by atoms with E-state index in [9.17, 15) is 14.7 Å². The summed E-state index contributed by atoms with van der Waals surface area (Å²) in [7, 11) is 0. The van der Waals surface area contributed by atoms with E-state index >= 15 is 0 Å². The molecule has 0 radical (unpaired) electrons. The first kappa shape index (κ1) is 18.1. The van der Waals surface area contributed by atoms with Crippen molar-refractivity contribution in [3.63, 3.8) is 0 Å². The predicted octanol–water partition coefficient (Wildman–Crippen LogP) is 1.61. The zero-order chi connectivity index (χ0) is 16.6. The van der Waals surface area contributed by atoms with Crippen LogP contribution in [0.1, 0.15) is 25.8 Å². The van der Waals surface area contributed by atoms with Gasteiger partial charge in [-0.1, -0.05) is 30.3 Å². The summed E-state index contributed by atoms with van der Waals surface area (Å²) in [5.41, 5.74) is -0.572. The molecule has 0 saturated carbocycles. The average molecular weight is 310 g/mol. The summed E-state index contributed by atoms with van der Waals surface area (Å²) in [5.74, 6) is -2.20. The fourth-order valence-electron chi connectivity index (χ4n) is 1.97. The van der Waals surface area contributed by atoms with Gasteiger partial charge in [-0.15, -0.1) is 0 Å². The number of carboxylic acids is 1. The molecule has 0 heterocycles. The van der Waals surface area contributed by atoms with E-state index in [2.05, 4.69) is 0 Å². The molecule has 0 aliphatic carbocycles. The van der Waals surface area contributed by atoms with Gasteiger partial charge in [0.05, 0.1) is 13.2 Å². The third-order valence-electron chi connectivity index (χ3n) is 3.46. The highest BCUT2D eigenvalue weighted by Gasteiger charge is 2.45. The fourth-order valence-corrected chi connectivity index (χ4v) is 1.97. The second-order valence-corrected chi connectivity index (χ2v) is 5.17.